The highest BCUT2D eigenvalue weighted by Gasteiger charge is 2.74. The van der Waals surface area contributed by atoms with Crippen molar-refractivity contribution in [2.24, 2.45) is 11.8 Å². The van der Waals surface area contributed by atoms with Crippen LogP contribution in [0.1, 0.15) is 24.0 Å². The van der Waals surface area contributed by atoms with E-state index in [-0.39, 0.29) is 23.8 Å². The van der Waals surface area contributed by atoms with E-state index in [0.29, 0.717) is 28.0 Å². The van der Waals surface area contributed by atoms with Crippen molar-refractivity contribution in [1.29, 1.82) is 0 Å². The van der Waals surface area contributed by atoms with Gasteiger partial charge in [-0.2, -0.15) is 0 Å². The summed E-state index contributed by atoms with van der Waals surface area (Å²) in [6.45, 7) is 2.65. The van der Waals surface area contributed by atoms with Crippen LogP contribution in [0.2, 0.25) is 10.0 Å². The molecule has 0 aliphatic carbocycles. The second-order valence-electron chi connectivity index (χ2n) is 8.82. The molecule has 0 aromatic heterocycles. The molecule has 3 fully saturated rings. The zero-order valence-corrected chi connectivity index (χ0v) is 18.2. The molecule has 2 aromatic rings. The van der Waals surface area contributed by atoms with Crippen LogP contribution in [-0.4, -0.2) is 35.2 Å². The lowest BCUT2D eigenvalue weighted by Gasteiger charge is -2.36. The first-order valence-corrected chi connectivity index (χ1v) is 11.1. The van der Waals surface area contributed by atoms with Gasteiger partial charge < -0.3 is 5.32 Å². The average molecular weight is 456 g/mol. The molecule has 1 spiro atoms. The van der Waals surface area contributed by atoms with E-state index in [1.54, 1.807) is 18.2 Å². The molecule has 3 saturated heterocycles. The van der Waals surface area contributed by atoms with E-state index >= 15 is 0 Å². The number of carbonyl (C=O) groups is 3. The Hall–Kier alpha value is -2.41. The number of aryl methyl sites for hydroxylation is 1. The molecule has 6 rings (SSSR count). The third kappa shape index (κ3) is 2.30. The summed E-state index contributed by atoms with van der Waals surface area (Å²) in [5, 5.41) is 3.67. The SMILES string of the molecule is Cc1ccc2c(c1)[C@]1(C(=O)N2)[C@@H]2C(=O)N(c3cc(Cl)cc(Cl)c3)C(=O)[C@H]2[C@@H]2CCCN21. The lowest BCUT2D eigenvalue weighted by atomic mass is 9.75. The van der Waals surface area contributed by atoms with E-state index in [4.69, 9.17) is 23.2 Å². The van der Waals surface area contributed by atoms with Gasteiger partial charge in [-0.1, -0.05) is 40.9 Å². The van der Waals surface area contributed by atoms with Crippen molar-refractivity contribution in [3.05, 3.63) is 57.6 Å². The first kappa shape index (κ1) is 19.3. The molecule has 0 radical (unpaired) electrons. The molecule has 4 aliphatic heterocycles. The molecule has 158 valence electrons. The van der Waals surface area contributed by atoms with E-state index in [9.17, 15) is 14.4 Å². The highest BCUT2D eigenvalue weighted by atomic mass is 35.5. The maximum absolute atomic E-state index is 13.9. The Bertz CT molecular complexity index is 1180. The zero-order chi connectivity index (χ0) is 21.7. The maximum atomic E-state index is 13.9. The van der Waals surface area contributed by atoms with Crippen LogP contribution >= 0.6 is 23.2 Å². The van der Waals surface area contributed by atoms with Gasteiger partial charge in [-0.3, -0.25) is 19.3 Å². The normalized spacial score (nSPS) is 31.4. The van der Waals surface area contributed by atoms with Crippen molar-refractivity contribution in [1.82, 2.24) is 4.90 Å². The minimum atomic E-state index is -1.17. The number of imide groups is 1. The monoisotopic (exact) mass is 455 g/mol. The van der Waals surface area contributed by atoms with Crippen molar-refractivity contribution >= 4 is 52.3 Å². The number of hydrogen-bond acceptors (Lipinski definition) is 4. The van der Waals surface area contributed by atoms with Crippen LogP contribution < -0.4 is 10.2 Å². The van der Waals surface area contributed by atoms with Crippen molar-refractivity contribution in [2.45, 2.75) is 31.3 Å². The Kier molecular flexibility index (Phi) is 3.93. The Morgan fingerprint density at radius 2 is 1.77 bits per heavy atom. The van der Waals surface area contributed by atoms with Crippen LogP contribution in [0.4, 0.5) is 11.4 Å². The zero-order valence-electron chi connectivity index (χ0n) is 16.7. The summed E-state index contributed by atoms with van der Waals surface area (Å²) in [7, 11) is 0. The molecule has 6 nitrogen and oxygen atoms in total. The van der Waals surface area contributed by atoms with Crippen LogP contribution in [0.5, 0.6) is 0 Å². The molecule has 0 saturated carbocycles. The van der Waals surface area contributed by atoms with E-state index in [0.717, 1.165) is 24.0 Å². The fourth-order valence-corrected chi connectivity index (χ4v) is 6.75. The van der Waals surface area contributed by atoms with Crippen LogP contribution in [0.3, 0.4) is 0 Å². The first-order valence-electron chi connectivity index (χ1n) is 10.4. The third-order valence-electron chi connectivity index (χ3n) is 7.25. The number of anilines is 2. The second kappa shape index (κ2) is 6.31. The lowest BCUT2D eigenvalue weighted by Crippen LogP contribution is -2.54. The summed E-state index contributed by atoms with van der Waals surface area (Å²) in [5.41, 5.74) is 1.70. The molecule has 0 unspecified atom stereocenters. The van der Waals surface area contributed by atoms with Gasteiger partial charge in [-0.05, 0) is 50.6 Å². The maximum Gasteiger partial charge on any atom is 0.250 e. The van der Waals surface area contributed by atoms with Gasteiger partial charge >= 0.3 is 0 Å². The number of benzene rings is 2. The number of hydrogen-bond donors (Lipinski definition) is 1. The Morgan fingerprint density at radius 3 is 2.52 bits per heavy atom. The Labute approximate surface area is 189 Å². The molecular formula is C23H19Cl2N3O3. The first-order chi connectivity index (χ1) is 14.8. The standard InChI is InChI=1S/C23H19Cl2N3O3/c1-11-4-5-16-15(7-11)23(22(31)26-16)19-18(17-3-2-6-27(17)23)20(29)28(21(19)30)14-9-12(24)8-13(25)10-14/h4-5,7-10,17-19H,2-3,6H2,1H3,(H,26,31)/t17-,18-,19-,23+/m0/s1. The summed E-state index contributed by atoms with van der Waals surface area (Å²) < 4.78 is 0. The average Bonchev–Trinajstić information content (AvgIpc) is 3.39. The van der Waals surface area contributed by atoms with Crippen LogP contribution in [0.15, 0.2) is 36.4 Å². The van der Waals surface area contributed by atoms with Crippen molar-refractivity contribution in [2.75, 3.05) is 16.8 Å². The van der Waals surface area contributed by atoms with Crippen LogP contribution in [0.25, 0.3) is 0 Å². The molecular weight excluding hydrogens is 437 g/mol. The van der Waals surface area contributed by atoms with E-state index in [2.05, 4.69) is 10.2 Å². The smallest absolute Gasteiger partial charge is 0.250 e. The highest BCUT2D eigenvalue weighted by Crippen LogP contribution is 2.60. The van der Waals surface area contributed by atoms with E-state index < -0.39 is 17.4 Å². The number of nitrogens with one attached hydrogen (secondary N) is 1. The van der Waals surface area contributed by atoms with Crippen LogP contribution in [-0.2, 0) is 19.9 Å². The number of halogens is 2. The van der Waals surface area contributed by atoms with E-state index in [1.165, 1.54) is 4.90 Å². The molecule has 4 atom stereocenters. The lowest BCUT2D eigenvalue weighted by molar-refractivity contribution is -0.135. The highest BCUT2D eigenvalue weighted by molar-refractivity contribution is 6.36. The second-order valence-corrected chi connectivity index (χ2v) is 9.69. The van der Waals surface area contributed by atoms with Gasteiger partial charge in [0.15, 0.2) is 0 Å². The van der Waals surface area contributed by atoms with E-state index in [1.807, 2.05) is 25.1 Å². The van der Waals surface area contributed by atoms with Crippen molar-refractivity contribution < 1.29 is 14.4 Å². The molecule has 31 heavy (non-hydrogen) atoms. The van der Waals surface area contributed by atoms with Gasteiger partial charge in [0.1, 0.15) is 5.54 Å². The molecule has 4 aliphatic rings. The van der Waals surface area contributed by atoms with Crippen molar-refractivity contribution in [3.63, 3.8) is 0 Å². The Balaban J connectivity index is 1.57. The van der Waals surface area contributed by atoms with Gasteiger partial charge in [0.05, 0.1) is 17.5 Å². The summed E-state index contributed by atoms with van der Waals surface area (Å²) in [6, 6.07) is 10.3. The molecule has 3 amide bonds. The summed E-state index contributed by atoms with van der Waals surface area (Å²) in [4.78, 5) is 44.4. The minimum Gasteiger partial charge on any atom is -0.324 e. The summed E-state index contributed by atoms with van der Waals surface area (Å²) >= 11 is 12.3. The van der Waals surface area contributed by atoms with Gasteiger partial charge in [-0.25, -0.2) is 4.90 Å². The van der Waals surface area contributed by atoms with Gasteiger partial charge in [0.2, 0.25) is 17.7 Å². The van der Waals surface area contributed by atoms with Gasteiger partial charge in [0.25, 0.3) is 0 Å². The van der Waals surface area contributed by atoms with Gasteiger partial charge in [-0.15, -0.1) is 0 Å². The molecule has 2 aromatic carbocycles. The Morgan fingerprint density at radius 1 is 1.03 bits per heavy atom. The largest absolute Gasteiger partial charge is 0.324 e. The molecule has 1 N–H and O–H groups in total. The van der Waals surface area contributed by atoms with Crippen molar-refractivity contribution in [3.8, 4) is 0 Å². The predicted octanol–water partition coefficient (Wildman–Crippen LogP) is 3.73. The number of rotatable bonds is 1. The predicted molar refractivity (Wildman–Crippen MR) is 117 cm³/mol. The fourth-order valence-electron chi connectivity index (χ4n) is 6.24. The number of amides is 3. The number of nitrogens with zero attached hydrogens (tertiary/aromatic N) is 2. The molecule has 0 bridgehead atoms. The topological polar surface area (TPSA) is 69.7 Å². The fraction of sp³-hybridized carbons (Fsp3) is 0.348. The van der Waals surface area contributed by atoms with Crippen LogP contribution in [0, 0.1) is 18.8 Å². The molecule has 4 heterocycles. The van der Waals surface area contributed by atoms with Gasteiger partial charge in [0, 0.05) is 27.3 Å². The summed E-state index contributed by atoms with van der Waals surface area (Å²) in [5.74, 6) is -2.24. The molecule has 8 heteroatoms. The summed E-state index contributed by atoms with van der Waals surface area (Å²) in [6.07, 6.45) is 1.66. The minimum absolute atomic E-state index is 0.154. The number of fused-ring (bicyclic) bond motifs is 7. The number of carbonyl (C=O) groups excluding carboxylic acids is 3. The third-order valence-corrected chi connectivity index (χ3v) is 7.69. The quantitative estimate of drug-likeness (QED) is 0.665.